The third kappa shape index (κ3) is 5.39. The molecule has 0 aliphatic carbocycles. The van der Waals surface area contributed by atoms with E-state index in [1.54, 1.807) is 0 Å². The topological polar surface area (TPSA) is 81.9 Å². The van der Waals surface area contributed by atoms with Crippen LogP contribution in [0, 0.1) is 22.6 Å². The number of hydrogen-bond acceptors (Lipinski definition) is 5. The predicted molar refractivity (Wildman–Crippen MR) is 97.0 cm³/mol. The molecule has 0 saturated heterocycles. The van der Waals surface area contributed by atoms with Crippen LogP contribution in [0.2, 0.25) is 5.02 Å². The van der Waals surface area contributed by atoms with E-state index in [0.717, 1.165) is 6.42 Å². The Bertz CT molecular complexity index is 827. The number of hydrogen-bond donors (Lipinski definition) is 1. The molecule has 136 valence electrons. The smallest absolute Gasteiger partial charge is 0.267 e. The minimum atomic E-state index is -0.438. The van der Waals surface area contributed by atoms with Gasteiger partial charge in [-0.2, -0.15) is 10.2 Å². The van der Waals surface area contributed by atoms with Crippen molar-refractivity contribution >= 4 is 23.3 Å². The van der Waals surface area contributed by atoms with Crippen molar-refractivity contribution in [3.8, 4) is 6.07 Å². The van der Waals surface area contributed by atoms with Crippen molar-refractivity contribution in [1.82, 2.24) is 15.4 Å². The zero-order valence-electron chi connectivity index (χ0n) is 14.8. The number of benzene rings is 1. The summed E-state index contributed by atoms with van der Waals surface area (Å²) >= 11 is 6.17. The van der Waals surface area contributed by atoms with Crippen LogP contribution in [0.15, 0.2) is 30.5 Å². The molecule has 0 atom stereocenters. The molecule has 1 N–H and O–H groups in total. The highest BCUT2D eigenvalue weighted by Gasteiger charge is 2.20. The van der Waals surface area contributed by atoms with Crippen LogP contribution in [0.25, 0.3) is 0 Å². The number of halogens is 2. The molecule has 2 rings (SSSR count). The lowest BCUT2D eigenvalue weighted by molar-refractivity contribution is 0.0947. The number of aromatic nitrogens is 2. The number of nitrogens with zero attached hydrogens (tertiary/aromatic N) is 4. The standard InChI is InChI=1S/C18H19ClFN5O/c1-18(2,3)8-9-25(16-14(19)11-22-15(10-21)23-16)24-17(26)12-4-6-13(20)7-5-12/h4-7,11H,8-9H2,1-3H3,(H,24,26). The van der Waals surface area contributed by atoms with E-state index >= 15 is 0 Å². The maximum atomic E-state index is 13.1. The third-order valence-corrected chi connectivity index (χ3v) is 3.78. The summed E-state index contributed by atoms with van der Waals surface area (Å²) in [4.78, 5) is 20.4. The van der Waals surface area contributed by atoms with Gasteiger partial charge in [0, 0.05) is 12.1 Å². The van der Waals surface area contributed by atoms with Gasteiger partial charge in [0.2, 0.25) is 5.82 Å². The Morgan fingerprint density at radius 3 is 2.58 bits per heavy atom. The van der Waals surface area contributed by atoms with Gasteiger partial charge in [-0.15, -0.1) is 0 Å². The number of carbonyl (C=O) groups is 1. The molecule has 26 heavy (non-hydrogen) atoms. The van der Waals surface area contributed by atoms with Crippen molar-refractivity contribution < 1.29 is 9.18 Å². The van der Waals surface area contributed by atoms with Gasteiger partial charge >= 0.3 is 0 Å². The van der Waals surface area contributed by atoms with Gasteiger partial charge in [0.05, 0.1) is 6.20 Å². The largest absolute Gasteiger partial charge is 0.269 e. The van der Waals surface area contributed by atoms with Crippen molar-refractivity contribution in [1.29, 1.82) is 5.26 Å². The molecule has 0 fully saturated rings. The van der Waals surface area contributed by atoms with E-state index in [2.05, 4.69) is 36.2 Å². The average molecular weight is 376 g/mol. The van der Waals surface area contributed by atoms with Crippen LogP contribution in [-0.4, -0.2) is 22.4 Å². The highest BCUT2D eigenvalue weighted by molar-refractivity contribution is 6.32. The predicted octanol–water partition coefficient (Wildman–Crippen LogP) is 3.73. The summed E-state index contributed by atoms with van der Waals surface area (Å²) in [6.45, 7) is 6.61. The number of rotatable bonds is 5. The van der Waals surface area contributed by atoms with E-state index < -0.39 is 11.7 Å². The Hall–Kier alpha value is -2.72. The van der Waals surface area contributed by atoms with Crippen LogP contribution in [0.3, 0.4) is 0 Å². The van der Waals surface area contributed by atoms with E-state index in [-0.39, 0.29) is 27.6 Å². The normalized spacial score (nSPS) is 10.9. The van der Waals surface area contributed by atoms with Crippen LogP contribution in [0.4, 0.5) is 10.2 Å². The first-order valence-corrected chi connectivity index (χ1v) is 8.34. The number of amides is 1. The van der Waals surface area contributed by atoms with E-state index in [0.29, 0.717) is 6.54 Å². The summed E-state index contributed by atoms with van der Waals surface area (Å²) < 4.78 is 13.1. The second kappa shape index (κ2) is 8.11. The fourth-order valence-electron chi connectivity index (χ4n) is 2.05. The van der Waals surface area contributed by atoms with Crippen molar-refractivity contribution in [3.05, 3.63) is 52.7 Å². The first-order valence-electron chi connectivity index (χ1n) is 7.96. The van der Waals surface area contributed by atoms with Crippen LogP contribution >= 0.6 is 11.6 Å². The highest BCUT2D eigenvalue weighted by atomic mass is 35.5. The van der Waals surface area contributed by atoms with E-state index in [1.165, 1.54) is 35.5 Å². The van der Waals surface area contributed by atoms with Gasteiger partial charge in [-0.25, -0.2) is 9.37 Å². The molecular formula is C18H19ClFN5O. The summed E-state index contributed by atoms with van der Waals surface area (Å²) in [6.07, 6.45) is 2.04. The summed E-state index contributed by atoms with van der Waals surface area (Å²) in [5.41, 5.74) is 3.01. The SMILES string of the molecule is CC(C)(C)CCN(NC(=O)c1ccc(F)cc1)c1nc(C#N)ncc1Cl. The van der Waals surface area contributed by atoms with Crippen LogP contribution in [0.1, 0.15) is 43.4 Å². The minimum Gasteiger partial charge on any atom is -0.267 e. The molecule has 1 heterocycles. The van der Waals surface area contributed by atoms with Crippen LogP contribution in [0.5, 0.6) is 0 Å². The quantitative estimate of drug-likeness (QED) is 0.805. The second-order valence-corrected chi connectivity index (χ2v) is 7.29. The molecule has 1 aromatic carbocycles. The molecular weight excluding hydrogens is 357 g/mol. The Kier molecular flexibility index (Phi) is 6.11. The highest BCUT2D eigenvalue weighted by Crippen LogP contribution is 2.25. The van der Waals surface area contributed by atoms with Gasteiger partial charge in [0.25, 0.3) is 5.91 Å². The molecule has 0 saturated carbocycles. The van der Waals surface area contributed by atoms with Gasteiger partial charge in [0.1, 0.15) is 16.9 Å². The fourth-order valence-corrected chi connectivity index (χ4v) is 2.24. The van der Waals surface area contributed by atoms with Gasteiger partial charge in [0.15, 0.2) is 5.82 Å². The summed E-state index contributed by atoms with van der Waals surface area (Å²) in [5.74, 6) is -0.685. The number of hydrazine groups is 1. The molecule has 2 aromatic rings. The average Bonchev–Trinajstić information content (AvgIpc) is 2.59. The zero-order chi connectivity index (χ0) is 19.3. The summed E-state index contributed by atoms with van der Waals surface area (Å²) in [5, 5.41) is 10.7. The lowest BCUT2D eigenvalue weighted by Crippen LogP contribution is -2.44. The maximum Gasteiger partial charge on any atom is 0.269 e. The molecule has 0 unspecified atom stereocenters. The third-order valence-electron chi connectivity index (χ3n) is 3.51. The molecule has 0 bridgehead atoms. The summed E-state index contributed by atoms with van der Waals surface area (Å²) in [7, 11) is 0. The van der Waals surface area contributed by atoms with Crippen molar-refractivity contribution in [2.24, 2.45) is 5.41 Å². The van der Waals surface area contributed by atoms with Gasteiger partial charge < -0.3 is 0 Å². The summed E-state index contributed by atoms with van der Waals surface area (Å²) in [6, 6.07) is 7.04. The lowest BCUT2D eigenvalue weighted by atomic mass is 9.92. The Balaban J connectivity index is 2.30. The van der Waals surface area contributed by atoms with E-state index in [9.17, 15) is 9.18 Å². The second-order valence-electron chi connectivity index (χ2n) is 6.89. The molecule has 0 spiro atoms. The van der Waals surface area contributed by atoms with E-state index in [4.69, 9.17) is 16.9 Å². The van der Waals surface area contributed by atoms with Crippen LogP contribution in [-0.2, 0) is 0 Å². The Labute approximate surface area is 156 Å². The monoisotopic (exact) mass is 375 g/mol. The number of anilines is 1. The van der Waals surface area contributed by atoms with Crippen molar-refractivity contribution in [2.45, 2.75) is 27.2 Å². The van der Waals surface area contributed by atoms with Crippen molar-refractivity contribution in [2.75, 3.05) is 11.6 Å². The molecule has 0 aliphatic heterocycles. The first kappa shape index (κ1) is 19.6. The minimum absolute atomic E-state index is 0.00355. The fraction of sp³-hybridized carbons (Fsp3) is 0.333. The zero-order valence-corrected chi connectivity index (χ0v) is 15.5. The Morgan fingerprint density at radius 2 is 2.00 bits per heavy atom. The van der Waals surface area contributed by atoms with Gasteiger partial charge in [-0.1, -0.05) is 32.4 Å². The van der Waals surface area contributed by atoms with Gasteiger partial charge in [-0.3, -0.25) is 15.2 Å². The lowest BCUT2D eigenvalue weighted by Gasteiger charge is -2.28. The molecule has 1 amide bonds. The number of carbonyl (C=O) groups excluding carboxylic acids is 1. The first-order chi connectivity index (χ1) is 12.2. The molecule has 0 aliphatic rings. The van der Waals surface area contributed by atoms with Crippen molar-refractivity contribution in [3.63, 3.8) is 0 Å². The van der Waals surface area contributed by atoms with Gasteiger partial charge in [-0.05, 0) is 36.1 Å². The molecule has 8 heteroatoms. The van der Waals surface area contributed by atoms with Crippen LogP contribution < -0.4 is 10.4 Å². The molecule has 1 aromatic heterocycles. The Morgan fingerprint density at radius 1 is 1.35 bits per heavy atom. The van der Waals surface area contributed by atoms with E-state index in [1.807, 2.05) is 6.07 Å². The number of nitrogens with one attached hydrogen (secondary N) is 1. The molecule has 0 radical (unpaired) electrons. The number of nitriles is 1. The maximum absolute atomic E-state index is 13.1. The molecule has 6 nitrogen and oxygen atoms in total.